The Morgan fingerprint density at radius 3 is 2.94 bits per heavy atom. The van der Waals surface area contributed by atoms with Crippen LogP contribution in [0.2, 0.25) is 4.34 Å². The maximum atomic E-state index is 11.7. The number of nitrogens with zero attached hydrogens (tertiary/aromatic N) is 1. The lowest BCUT2D eigenvalue weighted by Gasteiger charge is -2.02. The highest BCUT2D eigenvalue weighted by Crippen LogP contribution is 2.21. The van der Waals surface area contributed by atoms with E-state index in [2.05, 4.69) is 10.3 Å². The highest BCUT2D eigenvalue weighted by molar-refractivity contribution is 7.17. The summed E-state index contributed by atoms with van der Waals surface area (Å²) in [5.74, 6) is -0.110. The van der Waals surface area contributed by atoms with Gasteiger partial charge in [0.25, 0.3) is 5.91 Å². The van der Waals surface area contributed by atoms with Crippen LogP contribution in [0, 0.1) is 0 Å². The number of carbonyl (C=O) groups excluding carboxylic acids is 1. The topological polar surface area (TPSA) is 42.0 Å². The van der Waals surface area contributed by atoms with Crippen LogP contribution < -0.4 is 5.32 Å². The Labute approximate surface area is 102 Å². The van der Waals surface area contributed by atoms with Gasteiger partial charge in [0.1, 0.15) is 0 Å². The molecule has 0 atom stereocenters. The molecule has 2 aromatic rings. The lowest BCUT2D eigenvalue weighted by molar-refractivity contribution is 0.0955. The molecule has 0 saturated heterocycles. The van der Waals surface area contributed by atoms with E-state index in [1.165, 1.54) is 11.3 Å². The molecule has 0 radical (unpaired) electrons. The van der Waals surface area contributed by atoms with Crippen LogP contribution in [0.5, 0.6) is 0 Å². The molecule has 0 unspecified atom stereocenters. The van der Waals surface area contributed by atoms with Gasteiger partial charge in [-0.25, -0.2) is 0 Å². The summed E-state index contributed by atoms with van der Waals surface area (Å²) in [5, 5.41) is 2.80. The van der Waals surface area contributed by atoms with Gasteiger partial charge in [-0.2, -0.15) is 0 Å². The standard InChI is InChI=1S/C11H9ClN2OS/c12-10-4-3-9(16-10)11(15)14-7-8-2-1-5-13-6-8/h1-6H,7H2,(H,14,15). The molecule has 2 aromatic heterocycles. The average molecular weight is 253 g/mol. The summed E-state index contributed by atoms with van der Waals surface area (Å²) in [4.78, 5) is 16.2. The predicted octanol–water partition coefficient (Wildman–Crippen LogP) is 2.73. The number of rotatable bonds is 3. The van der Waals surface area contributed by atoms with Crippen molar-refractivity contribution in [2.75, 3.05) is 0 Å². The zero-order chi connectivity index (χ0) is 11.4. The molecule has 0 bridgehead atoms. The fraction of sp³-hybridized carbons (Fsp3) is 0.0909. The molecule has 0 aliphatic rings. The third kappa shape index (κ3) is 2.81. The largest absolute Gasteiger partial charge is 0.347 e. The van der Waals surface area contributed by atoms with E-state index in [-0.39, 0.29) is 5.91 Å². The lowest BCUT2D eigenvalue weighted by Crippen LogP contribution is -2.21. The Morgan fingerprint density at radius 2 is 2.31 bits per heavy atom. The maximum Gasteiger partial charge on any atom is 0.261 e. The van der Waals surface area contributed by atoms with E-state index in [9.17, 15) is 4.79 Å². The van der Waals surface area contributed by atoms with Crippen LogP contribution in [0.25, 0.3) is 0 Å². The van der Waals surface area contributed by atoms with Crippen molar-refractivity contribution in [3.63, 3.8) is 0 Å². The quantitative estimate of drug-likeness (QED) is 0.913. The normalized spacial score (nSPS) is 10.1. The van der Waals surface area contributed by atoms with Gasteiger partial charge in [0.2, 0.25) is 0 Å². The van der Waals surface area contributed by atoms with Gasteiger partial charge in [-0.05, 0) is 23.8 Å². The summed E-state index contributed by atoms with van der Waals surface area (Å²) in [6.45, 7) is 0.474. The summed E-state index contributed by atoms with van der Waals surface area (Å²) in [6.07, 6.45) is 3.42. The van der Waals surface area contributed by atoms with Crippen LogP contribution in [0.1, 0.15) is 15.2 Å². The Kier molecular flexibility index (Phi) is 3.54. The molecule has 1 N–H and O–H groups in total. The van der Waals surface area contributed by atoms with Gasteiger partial charge in [0, 0.05) is 18.9 Å². The number of halogens is 1. The molecular formula is C11H9ClN2OS. The number of thiophene rings is 1. The zero-order valence-corrected chi connectivity index (χ0v) is 9.89. The summed E-state index contributed by atoms with van der Waals surface area (Å²) >= 11 is 7.02. The number of aromatic nitrogens is 1. The van der Waals surface area contributed by atoms with Crippen LogP contribution in [-0.2, 0) is 6.54 Å². The third-order valence-corrected chi connectivity index (χ3v) is 3.20. The first-order valence-corrected chi connectivity index (χ1v) is 5.87. The number of pyridine rings is 1. The van der Waals surface area contributed by atoms with Gasteiger partial charge in [-0.1, -0.05) is 17.7 Å². The average Bonchev–Trinajstić information content (AvgIpc) is 2.74. The zero-order valence-electron chi connectivity index (χ0n) is 8.31. The molecule has 0 aromatic carbocycles. The van der Waals surface area contributed by atoms with E-state index in [0.717, 1.165) is 5.56 Å². The SMILES string of the molecule is O=C(NCc1cccnc1)c1ccc(Cl)s1. The Hall–Kier alpha value is -1.39. The van der Waals surface area contributed by atoms with Crippen LogP contribution in [0.4, 0.5) is 0 Å². The summed E-state index contributed by atoms with van der Waals surface area (Å²) in [6, 6.07) is 7.18. The molecule has 2 rings (SSSR count). The third-order valence-electron chi connectivity index (χ3n) is 1.97. The molecule has 0 aliphatic carbocycles. The lowest BCUT2D eigenvalue weighted by atomic mass is 10.3. The van der Waals surface area contributed by atoms with Crippen molar-refractivity contribution < 1.29 is 4.79 Å². The van der Waals surface area contributed by atoms with Crippen molar-refractivity contribution >= 4 is 28.8 Å². The van der Waals surface area contributed by atoms with E-state index >= 15 is 0 Å². The molecule has 5 heteroatoms. The van der Waals surface area contributed by atoms with E-state index in [1.54, 1.807) is 24.5 Å². The highest BCUT2D eigenvalue weighted by atomic mass is 35.5. The van der Waals surface area contributed by atoms with Crippen LogP contribution >= 0.6 is 22.9 Å². The summed E-state index contributed by atoms with van der Waals surface area (Å²) in [7, 11) is 0. The minimum absolute atomic E-state index is 0.110. The molecule has 0 fully saturated rings. The van der Waals surface area contributed by atoms with E-state index in [4.69, 9.17) is 11.6 Å². The number of hydrogen-bond acceptors (Lipinski definition) is 3. The van der Waals surface area contributed by atoms with Crippen molar-refractivity contribution in [3.8, 4) is 0 Å². The number of amides is 1. The molecule has 2 heterocycles. The predicted molar refractivity (Wildman–Crippen MR) is 64.7 cm³/mol. The minimum atomic E-state index is -0.110. The molecule has 0 saturated carbocycles. The molecule has 0 aliphatic heterocycles. The molecule has 3 nitrogen and oxygen atoms in total. The van der Waals surface area contributed by atoms with Gasteiger partial charge < -0.3 is 5.32 Å². The monoisotopic (exact) mass is 252 g/mol. The first kappa shape index (κ1) is 11.1. The molecular weight excluding hydrogens is 244 g/mol. The van der Waals surface area contributed by atoms with Crippen molar-refractivity contribution in [2.45, 2.75) is 6.54 Å². The van der Waals surface area contributed by atoms with E-state index in [0.29, 0.717) is 15.8 Å². The first-order chi connectivity index (χ1) is 7.75. The van der Waals surface area contributed by atoms with Crippen LogP contribution in [0.15, 0.2) is 36.7 Å². The fourth-order valence-corrected chi connectivity index (χ4v) is 2.17. The van der Waals surface area contributed by atoms with Gasteiger partial charge >= 0.3 is 0 Å². The molecule has 82 valence electrons. The second-order valence-electron chi connectivity index (χ2n) is 3.15. The Bertz CT molecular complexity index is 484. The minimum Gasteiger partial charge on any atom is -0.347 e. The van der Waals surface area contributed by atoms with Crippen LogP contribution in [0.3, 0.4) is 0 Å². The number of nitrogens with one attached hydrogen (secondary N) is 1. The highest BCUT2D eigenvalue weighted by Gasteiger charge is 2.07. The number of hydrogen-bond donors (Lipinski definition) is 1. The van der Waals surface area contributed by atoms with Gasteiger partial charge in [0.15, 0.2) is 0 Å². The van der Waals surface area contributed by atoms with Gasteiger partial charge in [0.05, 0.1) is 9.21 Å². The second kappa shape index (κ2) is 5.09. The molecule has 0 spiro atoms. The van der Waals surface area contributed by atoms with Crippen LogP contribution in [-0.4, -0.2) is 10.9 Å². The van der Waals surface area contributed by atoms with Crippen molar-refractivity contribution in [1.82, 2.24) is 10.3 Å². The Balaban J connectivity index is 1.94. The summed E-state index contributed by atoms with van der Waals surface area (Å²) < 4.78 is 0.617. The van der Waals surface area contributed by atoms with Crippen molar-refractivity contribution in [3.05, 3.63) is 51.4 Å². The first-order valence-electron chi connectivity index (χ1n) is 4.68. The second-order valence-corrected chi connectivity index (χ2v) is 4.86. The smallest absolute Gasteiger partial charge is 0.261 e. The fourth-order valence-electron chi connectivity index (χ4n) is 1.21. The van der Waals surface area contributed by atoms with Gasteiger partial charge in [-0.15, -0.1) is 11.3 Å². The number of carbonyl (C=O) groups is 1. The maximum absolute atomic E-state index is 11.7. The van der Waals surface area contributed by atoms with E-state index in [1.807, 2.05) is 12.1 Å². The van der Waals surface area contributed by atoms with Gasteiger partial charge in [-0.3, -0.25) is 9.78 Å². The molecule has 1 amide bonds. The Morgan fingerprint density at radius 1 is 1.44 bits per heavy atom. The summed E-state index contributed by atoms with van der Waals surface area (Å²) in [5.41, 5.74) is 0.971. The van der Waals surface area contributed by atoms with Crippen molar-refractivity contribution in [1.29, 1.82) is 0 Å². The van der Waals surface area contributed by atoms with E-state index < -0.39 is 0 Å². The molecule has 16 heavy (non-hydrogen) atoms. The van der Waals surface area contributed by atoms with Crippen molar-refractivity contribution in [2.24, 2.45) is 0 Å².